The molecule has 0 aliphatic heterocycles. The van der Waals surface area contributed by atoms with Crippen LogP contribution in [0.3, 0.4) is 0 Å². The van der Waals surface area contributed by atoms with Crippen molar-refractivity contribution in [3.63, 3.8) is 0 Å². The van der Waals surface area contributed by atoms with Crippen molar-refractivity contribution in [1.29, 1.82) is 0 Å². The van der Waals surface area contributed by atoms with Crippen molar-refractivity contribution in [3.8, 4) is 0 Å². The van der Waals surface area contributed by atoms with Gasteiger partial charge in [-0.3, -0.25) is 0 Å². The van der Waals surface area contributed by atoms with E-state index in [-0.39, 0.29) is 0 Å². The molecule has 0 radical (unpaired) electrons. The van der Waals surface area contributed by atoms with Gasteiger partial charge in [-0.05, 0) is 0 Å². The first kappa shape index (κ1) is 75.2. The molecule has 0 aromatic heterocycles. The summed E-state index contributed by atoms with van der Waals surface area (Å²) in [5, 5.41) is 2.99. The molecule has 0 atom stereocenters. The standard InChI is InChI=1S/C60H134Si14Te2/c1-61(2,3)55(62(4,5)6)49-43-47(59(69(25,26)27,70(28,29)30)71(31,32)33)44-50(56(63(7,8)9)64(10,11)12)53(49)75-76-54-51(57(65(13,14)15)66(16,17)18)45-48(46-52(54)58(67(19,20)21)68(22,23)24)60(72(34,35)36,73(37,38)39)74(40,41)42/h43-46,55-58H,1-42H3. The Morgan fingerprint density at radius 1 is 0.224 bits per heavy atom. The van der Waals surface area contributed by atoms with Crippen LogP contribution in [0.4, 0.5) is 0 Å². The van der Waals surface area contributed by atoms with Crippen molar-refractivity contribution in [2.75, 3.05) is 0 Å². The second-order valence-corrected chi connectivity index (χ2v) is 129. The molecule has 0 nitrogen and oxygen atoms in total. The van der Waals surface area contributed by atoms with E-state index >= 15 is 0 Å². The fourth-order valence-electron chi connectivity index (χ4n) is 21.2. The molecule has 0 fully saturated rings. The van der Waals surface area contributed by atoms with Gasteiger partial charge in [-0.15, -0.1) is 0 Å². The first-order chi connectivity index (χ1) is 32.6. The molecule has 0 amide bonds. The molecule has 0 aliphatic rings. The molecule has 0 heterocycles. The molecular formula is C60H134Si14Te2. The van der Waals surface area contributed by atoms with Crippen molar-refractivity contribution in [2.24, 2.45) is 0 Å². The molecule has 0 aliphatic carbocycles. The second kappa shape index (κ2) is 23.3. The van der Waals surface area contributed by atoms with Crippen LogP contribution in [0.1, 0.15) is 54.0 Å². The van der Waals surface area contributed by atoms with E-state index in [1.54, 1.807) is 0 Å². The van der Waals surface area contributed by atoms with Crippen LogP contribution in [0.15, 0.2) is 24.3 Å². The molecule has 0 bridgehead atoms. The zero-order valence-electron chi connectivity index (χ0n) is 59.4. The predicted molar refractivity (Wildman–Crippen MR) is 405 cm³/mol. The summed E-state index contributed by atoms with van der Waals surface area (Å²) in [5.74, 6) is 0. The van der Waals surface area contributed by atoms with Crippen molar-refractivity contribution in [1.82, 2.24) is 0 Å². The summed E-state index contributed by atoms with van der Waals surface area (Å²) in [7, 11) is -24.6. The normalized spacial score (nSPS) is 15.8. The van der Waals surface area contributed by atoms with Gasteiger partial charge in [0.05, 0.1) is 0 Å². The van der Waals surface area contributed by atoms with Crippen LogP contribution in [0.25, 0.3) is 0 Å². The Kier molecular flexibility index (Phi) is 23.0. The number of hydrogen-bond acceptors (Lipinski definition) is 0. The summed E-state index contributed by atoms with van der Waals surface area (Å²) < 4.78 is 4.84. The SMILES string of the molecule is C[Si](C)(C)C(c1cc(C([Si](C)(C)C)([Si](C)(C)C)[Si](C)(C)C)cc(C([Si](C)(C)C)[Si](C)(C)C)c1[Te][Te]c1c(C([Si](C)(C)C)[Si](C)(C)C)cc(C([Si](C)(C)C)([Si](C)(C)C)[Si](C)(C)C)cc1C([Si](C)(C)C)[Si](C)(C)C)[Si](C)(C)C. The first-order valence-electron chi connectivity index (χ1n) is 30.3. The van der Waals surface area contributed by atoms with E-state index < -0.39 is 147 Å². The Hall–Kier alpha value is 3.06. The van der Waals surface area contributed by atoms with Crippen LogP contribution < -0.4 is 7.22 Å². The topological polar surface area (TPSA) is 0 Å². The fourth-order valence-corrected chi connectivity index (χ4v) is 149. The molecule has 0 saturated heterocycles. The van der Waals surface area contributed by atoms with Gasteiger partial charge in [0.25, 0.3) is 0 Å². The third-order valence-corrected chi connectivity index (χ3v) is 110. The van der Waals surface area contributed by atoms with Crippen molar-refractivity contribution < 1.29 is 0 Å². The summed E-state index contributed by atoms with van der Waals surface area (Å²) in [5.41, 5.74) is 11.7. The molecular weight excluding hydrogens is 1370 g/mol. The van der Waals surface area contributed by atoms with Crippen LogP contribution in [-0.2, 0) is 8.57 Å². The van der Waals surface area contributed by atoms with Gasteiger partial charge >= 0.3 is 516 Å². The maximum absolute atomic E-state index is 3.15. The van der Waals surface area contributed by atoms with E-state index in [1.807, 2.05) is 33.4 Å². The van der Waals surface area contributed by atoms with Gasteiger partial charge in [-0.1, -0.05) is 0 Å². The minimum absolute atomic E-state index is 0.356. The number of benzene rings is 2. The van der Waals surface area contributed by atoms with Crippen LogP contribution in [0.2, 0.25) is 275 Å². The van der Waals surface area contributed by atoms with Gasteiger partial charge in [0.1, 0.15) is 0 Å². The quantitative estimate of drug-likeness (QED) is 0.0973. The Bertz CT molecular complexity index is 1930. The molecule has 2 aromatic rings. The van der Waals surface area contributed by atoms with E-state index in [1.165, 1.54) is 0 Å². The monoisotopic (exact) mass is 1510 g/mol. The van der Waals surface area contributed by atoms with Gasteiger partial charge in [0.2, 0.25) is 0 Å². The molecule has 0 spiro atoms. The van der Waals surface area contributed by atoms with Crippen LogP contribution in [0.5, 0.6) is 0 Å². The van der Waals surface area contributed by atoms with Gasteiger partial charge in [-0.25, -0.2) is 0 Å². The summed E-state index contributed by atoms with van der Waals surface area (Å²) in [6.45, 7) is 118. The van der Waals surface area contributed by atoms with E-state index in [0.29, 0.717) is 8.57 Å². The number of hydrogen-bond donors (Lipinski definition) is 0. The maximum atomic E-state index is 3.15. The van der Waals surface area contributed by atoms with Crippen molar-refractivity contribution in [3.05, 3.63) is 57.6 Å². The van der Waals surface area contributed by atoms with Crippen LogP contribution in [-0.4, -0.2) is 147 Å². The molecule has 442 valence electrons. The summed E-state index contributed by atoms with van der Waals surface area (Å²) in [4.78, 5) is 0. The second-order valence-electron chi connectivity index (χ2n) is 39.8. The van der Waals surface area contributed by atoms with Crippen molar-refractivity contribution in [2.45, 2.75) is 304 Å². The third-order valence-electron chi connectivity index (χ3n) is 18.3. The molecule has 0 saturated carbocycles. The van der Waals surface area contributed by atoms with E-state index in [9.17, 15) is 0 Å². The molecule has 76 heavy (non-hydrogen) atoms. The Balaban J connectivity index is 4.04. The average molecular weight is 1500 g/mol. The summed E-state index contributed by atoms with van der Waals surface area (Å²) >= 11 is -1.17. The fraction of sp³-hybridized carbons (Fsp3) is 0.800. The van der Waals surface area contributed by atoms with Crippen LogP contribution >= 0.6 is 0 Å². The summed E-state index contributed by atoms with van der Waals surface area (Å²) in [6.07, 6.45) is 0. The van der Waals surface area contributed by atoms with Gasteiger partial charge in [0.15, 0.2) is 0 Å². The van der Waals surface area contributed by atoms with Gasteiger partial charge in [0, 0.05) is 0 Å². The van der Waals surface area contributed by atoms with E-state index in [0.717, 1.165) is 20.7 Å². The van der Waals surface area contributed by atoms with Gasteiger partial charge < -0.3 is 0 Å². The zero-order chi connectivity index (χ0) is 61.2. The zero-order valence-corrected chi connectivity index (χ0v) is 78.1. The van der Waals surface area contributed by atoms with Crippen LogP contribution in [0, 0.1) is 0 Å². The average Bonchev–Trinajstić information content (AvgIpc) is 2.99. The molecule has 2 aromatic carbocycles. The molecule has 0 N–H and O–H groups in total. The molecule has 0 unspecified atom stereocenters. The van der Waals surface area contributed by atoms with Gasteiger partial charge in [-0.2, -0.15) is 0 Å². The Morgan fingerprint density at radius 3 is 0.434 bits per heavy atom. The number of rotatable bonds is 23. The van der Waals surface area contributed by atoms with Crippen molar-refractivity contribution >= 4 is 154 Å². The minimum atomic E-state index is -1.80. The summed E-state index contributed by atoms with van der Waals surface area (Å²) in [6, 6.07) is 12.6. The van der Waals surface area contributed by atoms with E-state index in [2.05, 4.69) is 306 Å². The third kappa shape index (κ3) is 15.4. The van der Waals surface area contributed by atoms with E-state index in [4.69, 9.17) is 0 Å². The first-order valence-corrected chi connectivity index (χ1v) is 89.6. The molecule has 16 heteroatoms. The Morgan fingerprint density at radius 2 is 0.342 bits per heavy atom. The predicted octanol–water partition coefficient (Wildman–Crippen LogP) is 20.1. The Labute approximate surface area is 510 Å². The molecule has 2 rings (SSSR count).